The monoisotopic (exact) mass is 327 g/mol. The van der Waals surface area contributed by atoms with Crippen LogP contribution < -0.4 is 10.2 Å². The smallest absolute Gasteiger partial charge is 0.254 e. The number of hydrogen-bond acceptors (Lipinski definition) is 6. The minimum absolute atomic E-state index is 0.127. The standard InChI is InChI=1S/C14H18ClN3O4/c1-21-12-7-10(6-11(15)14(12)20)8-16-17-13(19)9-18-2-4-22-5-3-18/h6-8,20H,2-5,9H2,1H3,(H,17,19)/b16-8+. The third kappa shape index (κ3) is 4.59. The number of nitrogens with zero attached hydrogens (tertiary/aromatic N) is 2. The Kier molecular flexibility index (Phi) is 6.00. The van der Waals surface area contributed by atoms with E-state index in [1.54, 1.807) is 6.07 Å². The summed E-state index contributed by atoms with van der Waals surface area (Å²) in [4.78, 5) is 13.7. The molecule has 1 amide bonds. The summed E-state index contributed by atoms with van der Waals surface area (Å²) < 4.78 is 10.2. The number of rotatable bonds is 5. The molecule has 1 aliphatic heterocycles. The average molecular weight is 328 g/mol. The molecule has 1 aromatic carbocycles. The minimum Gasteiger partial charge on any atom is -0.503 e. The van der Waals surface area contributed by atoms with Crippen LogP contribution in [-0.4, -0.2) is 62.1 Å². The first-order valence-corrected chi connectivity index (χ1v) is 7.16. The van der Waals surface area contributed by atoms with Crippen molar-refractivity contribution in [2.45, 2.75) is 0 Å². The van der Waals surface area contributed by atoms with Crippen molar-refractivity contribution in [2.24, 2.45) is 5.10 Å². The highest BCUT2D eigenvalue weighted by atomic mass is 35.5. The molecule has 0 saturated carbocycles. The van der Waals surface area contributed by atoms with E-state index >= 15 is 0 Å². The van der Waals surface area contributed by atoms with E-state index in [0.717, 1.165) is 13.1 Å². The maximum Gasteiger partial charge on any atom is 0.254 e. The summed E-state index contributed by atoms with van der Waals surface area (Å²) in [6.45, 7) is 3.04. The lowest BCUT2D eigenvalue weighted by atomic mass is 10.2. The molecule has 0 bridgehead atoms. The molecule has 2 N–H and O–H groups in total. The minimum atomic E-state index is -0.199. The molecule has 1 saturated heterocycles. The molecule has 1 aliphatic rings. The van der Waals surface area contributed by atoms with Gasteiger partial charge >= 0.3 is 0 Å². The van der Waals surface area contributed by atoms with Crippen molar-refractivity contribution in [1.29, 1.82) is 0 Å². The van der Waals surface area contributed by atoms with Crippen LogP contribution in [0.3, 0.4) is 0 Å². The van der Waals surface area contributed by atoms with Crippen molar-refractivity contribution in [2.75, 3.05) is 40.0 Å². The highest BCUT2D eigenvalue weighted by Crippen LogP contribution is 2.34. The van der Waals surface area contributed by atoms with E-state index in [0.29, 0.717) is 18.8 Å². The van der Waals surface area contributed by atoms with Gasteiger partial charge in [-0.25, -0.2) is 5.43 Å². The summed E-state index contributed by atoms with van der Waals surface area (Å²) in [7, 11) is 1.43. The molecule has 0 spiro atoms. The van der Waals surface area contributed by atoms with Gasteiger partial charge in [0.2, 0.25) is 0 Å². The van der Waals surface area contributed by atoms with Gasteiger partial charge < -0.3 is 14.6 Å². The number of ether oxygens (including phenoxy) is 2. The van der Waals surface area contributed by atoms with Crippen molar-refractivity contribution < 1.29 is 19.4 Å². The van der Waals surface area contributed by atoms with E-state index in [-0.39, 0.29) is 29.0 Å². The Hall–Kier alpha value is -1.83. The molecule has 0 aromatic heterocycles. The number of phenolic OH excluding ortho intramolecular Hbond substituents is 1. The molecule has 2 rings (SSSR count). The van der Waals surface area contributed by atoms with Gasteiger partial charge in [0.25, 0.3) is 5.91 Å². The number of halogens is 1. The zero-order valence-electron chi connectivity index (χ0n) is 12.2. The van der Waals surface area contributed by atoms with Crippen molar-refractivity contribution in [3.8, 4) is 11.5 Å². The summed E-state index contributed by atoms with van der Waals surface area (Å²) in [5.41, 5.74) is 3.05. The lowest BCUT2D eigenvalue weighted by molar-refractivity contribution is -0.123. The number of aromatic hydroxyl groups is 1. The Morgan fingerprint density at radius 3 is 2.95 bits per heavy atom. The first kappa shape index (κ1) is 16.5. The van der Waals surface area contributed by atoms with Gasteiger partial charge in [-0.1, -0.05) is 11.6 Å². The summed E-state index contributed by atoms with van der Waals surface area (Å²) in [6.07, 6.45) is 1.44. The average Bonchev–Trinajstić information content (AvgIpc) is 2.51. The molecule has 1 fully saturated rings. The number of benzene rings is 1. The van der Waals surface area contributed by atoms with Crippen LogP contribution >= 0.6 is 11.6 Å². The lowest BCUT2D eigenvalue weighted by Crippen LogP contribution is -2.42. The van der Waals surface area contributed by atoms with Crippen molar-refractivity contribution in [3.05, 3.63) is 22.7 Å². The van der Waals surface area contributed by atoms with Crippen LogP contribution in [0.25, 0.3) is 0 Å². The predicted octanol–water partition coefficient (Wildman–Crippen LogP) is 0.837. The number of hydrogen-bond donors (Lipinski definition) is 2. The molecule has 1 heterocycles. The topological polar surface area (TPSA) is 83.4 Å². The second kappa shape index (κ2) is 7.98. The normalized spacial score (nSPS) is 15.9. The Morgan fingerprint density at radius 2 is 2.27 bits per heavy atom. The summed E-state index contributed by atoms with van der Waals surface area (Å²) in [5, 5.41) is 13.7. The number of methoxy groups -OCH3 is 1. The molecular weight excluding hydrogens is 310 g/mol. The molecule has 0 atom stereocenters. The second-order valence-electron chi connectivity index (χ2n) is 4.74. The highest BCUT2D eigenvalue weighted by molar-refractivity contribution is 6.32. The number of carbonyl (C=O) groups is 1. The Bertz CT molecular complexity index is 559. The van der Waals surface area contributed by atoms with E-state index in [9.17, 15) is 9.90 Å². The number of morpholine rings is 1. The fourth-order valence-electron chi connectivity index (χ4n) is 2.00. The fourth-order valence-corrected chi connectivity index (χ4v) is 2.22. The molecule has 0 radical (unpaired) electrons. The van der Waals surface area contributed by atoms with Crippen LogP contribution in [0.2, 0.25) is 5.02 Å². The van der Waals surface area contributed by atoms with E-state index < -0.39 is 0 Å². The van der Waals surface area contributed by atoms with Crippen LogP contribution in [0, 0.1) is 0 Å². The van der Waals surface area contributed by atoms with Crippen LogP contribution in [0.5, 0.6) is 11.5 Å². The van der Waals surface area contributed by atoms with Crippen LogP contribution in [0.1, 0.15) is 5.56 Å². The molecule has 0 aliphatic carbocycles. The molecule has 0 unspecified atom stereocenters. The van der Waals surface area contributed by atoms with Gasteiger partial charge in [0.15, 0.2) is 11.5 Å². The van der Waals surface area contributed by atoms with E-state index in [1.807, 2.05) is 4.90 Å². The molecular formula is C14H18ClN3O4. The van der Waals surface area contributed by atoms with Crippen LogP contribution in [-0.2, 0) is 9.53 Å². The molecule has 120 valence electrons. The number of carbonyl (C=O) groups excluding carboxylic acids is 1. The third-order valence-electron chi connectivity index (χ3n) is 3.14. The summed E-state index contributed by atoms with van der Waals surface area (Å²) >= 11 is 5.87. The first-order valence-electron chi connectivity index (χ1n) is 6.78. The summed E-state index contributed by atoms with van der Waals surface area (Å²) in [5.74, 6) is -0.0822. The van der Waals surface area contributed by atoms with E-state index in [2.05, 4.69) is 10.5 Å². The lowest BCUT2D eigenvalue weighted by Gasteiger charge is -2.25. The largest absolute Gasteiger partial charge is 0.503 e. The summed E-state index contributed by atoms with van der Waals surface area (Å²) in [6, 6.07) is 3.09. The van der Waals surface area contributed by atoms with E-state index in [4.69, 9.17) is 21.1 Å². The quantitative estimate of drug-likeness (QED) is 0.618. The predicted molar refractivity (Wildman–Crippen MR) is 82.7 cm³/mol. The third-order valence-corrected chi connectivity index (χ3v) is 3.43. The van der Waals surface area contributed by atoms with Gasteiger partial charge in [0, 0.05) is 13.1 Å². The Balaban J connectivity index is 1.89. The van der Waals surface area contributed by atoms with Crippen LogP contribution in [0.4, 0.5) is 0 Å². The maximum absolute atomic E-state index is 11.7. The second-order valence-corrected chi connectivity index (χ2v) is 5.14. The molecule has 22 heavy (non-hydrogen) atoms. The van der Waals surface area contributed by atoms with Gasteiger partial charge in [-0.3, -0.25) is 9.69 Å². The number of nitrogens with one attached hydrogen (secondary N) is 1. The van der Waals surface area contributed by atoms with Crippen molar-refractivity contribution >= 4 is 23.7 Å². The van der Waals surface area contributed by atoms with Gasteiger partial charge in [0.1, 0.15) is 0 Å². The van der Waals surface area contributed by atoms with Gasteiger partial charge in [-0.15, -0.1) is 0 Å². The Labute approximate surface area is 133 Å². The fraction of sp³-hybridized carbons (Fsp3) is 0.429. The zero-order chi connectivity index (χ0) is 15.9. The van der Waals surface area contributed by atoms with Crippen molar-refractivity contribution in [3.63, 3.8) is 0 Å². The Morgan fingerprint density at radius 1 is 1.55 bits per heavy atom. The zero-order valence-corrected chi connectivity index (χ0v) is 13.0. The SMILES string of the molecule is COc1cc(/C=N/NC(=O)CN2CCOCC2)cc(Cl)c1O. The number of phenols is 1. The number of hydrazone groups is 1. The first-order chi connectivity index (χ1) is 10.6. The molecule has 7 nitrogen and oxygen atoms in total. The van der Waals surface area contributed by atoms with Gasteiger partial charge in [-0.2, -0.15) is 5.10 Å². The van der Waals surface area contributed by atoms with Gasteiger partial charge in [0.05, 0.1) is 38.1 Å². The van der Waals surface area contributed by atoms with Gasteiger partial charge in [-0.05, 0) is 17.7 Å². The van der Waals surface area contributed by atoms with Crippen LogP contribution in [0.15, 0.2) is 17.2 Å². The molecule has 1 aromatic rings. The van der Waals surface area contributed by atoms with E-state index in [1.165, 1.54) is 19.4 Å². The van der Waals surface area contributed by atoms with Crippen molar-refractivity contribution in [1.82, 2.24) is 10.3 Å². The maximum atomic E-state index is 11.7. The highest BCUT2D eigenvalue weighted by Gasteiger charge is 2.13. The molecule has 8 heteroatoms. The number of amides is 1.